The van der Waals surface area contributed by atoms with Crippen molar-refractivity contribution in [3.05, 3.63) is 64.4 Å². The van der Waals surface area contributed by atoms with E-state index in [9.17, 15) is 28.8 Å². The Kier molecular flexibility index (Phi) is 15.2. The molecule has 4 rings (SSSR count). The molecule has 1 saturated carbocycles. The van der Waals surface area contributed by atoms with Gasteiger partial charge in [0.1, 0.15) is 5.41 Å². The molecule has 0 unspecified atom stereocenters. The molecular formula is C37H52N8O6S. The Morgan fingerprint density at radius 1 is 0.904 bits per heavy atom. The second-order valence-electron chi connectivity index (χ2n) is 13.7. The van der Waals surface area contributed by atoms with Gasteiger partial charge in [0.15, 0.2) is 0 Å². The summed E-state index contributed by atoms with van der Waals surface area (Å²) in [6.45, 7) is 2.35. The second-order valence-corrected chi connectivity index (χ2v) is 14.5. The Labute approximate surface area is 309 Å². The van der Waals surface area contributed by atoms with Crippen LogP contribution in [-0.2, 0) is 30.5 Å². The van der Waals surface area contributed by atoms with Gasteiger partial charge in [0.05, 0.1) is 12.5 Å². The zero-order valence-corrected chi connectivity index (χ0v) is 30.9. The summed E-state index contributed by atoms with van der Waals surface area (Å²) in [6, 6.07) is 8.39. The lowest BCUT2D eigenvalue weighted by molar-refractivity contribution is -0.150. The maximum atomic E-state index is 13.9. The van der Waals surface area contributed by atoms with Gasteiger partial charge in [0.2, 0.25) is 17.7 Å². The van der Waals surface area contributed by atoms with Crippen LogP contribution in [0.5, 0.6) is 0 Å². The van der Waals surface area contributed by atoms with Crippen molar-refractivity contribution in [1.29, 1.82) is 0 Å². The first kappa shape index (κ1) is 40.0. The average molecular weight is 737 g/mol. The number of imide groups is 1. The van der Waals surface area contributed by atoms with Crippen LogP contribution in [0.1, 0.15) is 75.0 Å². The van der Waals surface area contributed by atoms with E-state index in [4.69, 9.17) is 5.73 Å². The maximum Gasteiger partial charge on any atom is 0.312 e. The van der Waals surface area contributed by atoms with Gasteiger partial charge in [-0.15, -0.1) is 0 Å². The van der Waals surface area contributed by atoms with Gasteiger partial charge < -0.3 is 37.2 Å². The van der Waals surface area contributed by atoms with Gasteiger partial charge in [0.25, 0.3) is 11.8 Å². The number of primary amides is 1. The van der Waals surface area contributed by atoms with E-state index in [1.807, 2.05) is 55.2 Å². The highest BCUT2D eigenvalue weighted by Gasteiger charge is 2.51. The molecule has 15 heteroatoms. The fourth-order valence-electron chi connectivity index (χ4n) is 6.26. The molecule has 1 fully saturated rings. The molecule has 2 aliphatic rings. The molecule has 2 atom stereocenters. The predicted octanol–water partition coefficient (Wildman–Crippen LogP) is 2.78. The lowest BCUT2D eigenvalue weighted by Crippen LogP contribution is -2.58. The molecule has 1 aliphatic carbocycles. The lowest BCUT2D eigenvalue weighted by atomic mass is 9.67. The Hall–Kier alpha value is -4.76. The number of nitrogens with one attached hydrogen (secondary N) is 5. The third-order valence-electron chi connectivity index (χ3n) is 9.37. The van der Waals surface area contributed by atoms with E-state index >= 15 is 0 Å². The van der Waals surface area contributed by atoms with Crippen molar-refractivity contribution in [3.8, 4) is 0 Å². The minimum absolute atomic E-state index is 0.00929. The fraction of sp³-hybridized carbons (Fsp3) is 0.514. The van der Waals surface area contributed by atoms with Crippen LogP contribution in [0.25, 0.3) is 0 Å². The monoisotopic (exact) mass is 736 g/mol. The van der Waals surface area contributed by atoms with Crippen molar-refractivity contribution < 1.29 is 28.8 Å². The van der Waals surface area contributed by atoms with Gasteiger partial charge in [-0.25, -0.2) is 4.79 Å². The zero-order chi connectivity index (χ0) is 37.5. The van der Waals surface area contributed by atoms with Gasteiger partial charge in [-0.1, -0.05) is 18.6 Å². The largest absolute Gasteiger partial charge is 0.383 e. The van der Waals surface area contributed by atoms with Gasteiger partial charge in [-0.2, -0.15) is 11.3 Å². The van der Waals surface area contributed by atoms with E-state index in [0.717, 1.165) is 30.6 Å². The summed E-state index contributed by atoms with van der Waals surface area (Å²) in [5.74, 6) is -1.59. The number of anilines is 1. The summed E-state index contributed by atoms with van der Waals surface area (Å²) in [4.78, 5) is 78.8. The smallest absolute Gasteiger partial charge is 0.312 e. The molecule has 0 bridgehead atoms. The van der Waals surface area contributed by atoms with Crippen LogP contribution in [0.2, 0.25) is 0 Å². The molecule has 7 amide bonds. The number of carbonyl (C=O) groups excluding carboxylic acids is 6. The van der Waals surface area contributed by atoms with Crippen molar-refractivity contribution in [3.63, 3.8) is 0 Å². The molecular weight excluding hydrogens is 685 g/mol. The number of thiophene rings is 1. The van der Waals surface area contributed by atoms with Crippen LogP contribution in [0.4, 0.5) is 10.5 Å². The first-order valence-electron chi connectivity index (χ1n) is 17.9. The highest BCUT2D eigenvalue weighted by atomic mass is 32.1. The summed E-state index contributed by atoms with van der Waals surface area (Å²) in [7, 11) is 4.02. The summed E-state index contributed by atoms with van der Waals surface area (Å²) in [6.07, 6.45) is 7.21. The topological polar surface area (TPSA) is 195 Å². The second kappa shape index (κ2) is 19.7. The molecule has 52 heavy (non-hydrogen) atoms. The fourth-order valence-corrected chi connectivity index (χ4v) is 6.98. The summed E-state index contributed by atoms with van der Waals surface area (Å²) in [5, 5.41) is 18.8. The van der Waals surface area contributed by atoms with Crippen LogP contribution in [0.15, 0.2) is 53.2 Å². The Bertz CT molecular complexity index is 1540. The Balaban J connectivity index is 1.32. The molecule has 2 heterocycles. The van der Waals surface area contributed by atoms with E-state index in [0.29, 0.717) is 64.7 Å². The third kappa shape index (κ3) is 11.9. The number of benzene rings is 1. The number of nitrogens with two attached hydrogens (primary N) is 1. The van der Waals surface area contributed by atoms with Crippen LogP contribution in [0, 0.1) is 5.41 Å². The standard InChI is InChI=1S/C37H52N8O6S/c1-44(2)24-26-9-11-28(12-10-26)41-23-29(8-6-19-40-36(38)51)42-34(49)37(16-7-17-37)35(50)43-30(27-15-21-52-25-27)22-31(46)39-18-4-3-5-20-45-32(47)13-14-33(45)48/h9-15,21,25,29-30,41H,3-8,16-20,22-24H2,1-2H3,(H,39,46)(H,42,49)(H,43,50)(H3,38,40,51)/t29-,30+/m0/s1. The Morgan fingerprint density at radius 3 is 2.21 bits per heavy atom. The van der Waals surface area contributed by atoms with Crippen LogP contribution in [0.3, 0.4) is 0 Å². The SMILES string of the molecule is CN(C)Cc1ccc(NC[C@H](CCCNC(N)=O)NC(=O)C2(C(=O)N[C@H](CC(=O)NCCCCCN3C(=O)C=CC3=O)c3ccsc3)CCC2)cc1. The van der Waals surface area contributed by atoms with Crippen molar-refractivity contribution in [1.82, 2.24) is 31.1 Å². The third-order valence-corrected chi connectivity index (χ3v) is 10.1. The molecule has 0 radical (unpaired) electrons. The molecule has 0 spiro atoms. The normalized spacial score (nSPS) is 15.9. The van der Waals surface area contributed by atoms with Crippen molar-refractivity contribution in [2.75, 3.05) is 45.6 Å². The highest BCUT2D eigenvalue weighted by Crippen LogP contribution is 2.42. The number of hydrogen-bond acceptors (Lipinski definition) is 9. The van der Waals surface area contributed by atoms with Gasteiger partial charge in [-0.3, -0.25) is 28.9 Å². The highest BCUT2D eigenvalue weighted by molar-refractivity contribution is 7.08. The molecule has 14 nitrogen and oxygen atoms in total. The minimum atomic E-state index is -1.25. The van der Waals surface area contributed by atoms with Gasteiger partial charge in [-0.05, 0) is 99.1 Å². The van der Waals surface area contributed by atoms with E-state index < -0.39 is 23.4 Å². The number of hydrogen-bond donors (Lipinski definition) is 6. The minimum Gasteiger partial charge on any atom is -0.383 e. The number of nitrogens with zero attached hydrogens (tertiary/aromatic N) is 2. The Morgan fingerprint density at radius 2 is 1.60 bits per heavy atom. The molecule has 1 aromatic heterocycles. The molecule has 1 aliphatic heterocycles. The molecule has 2 aromatic rings. The first-order chi connectivity index (χ1) is 25.0. The number of urea groups is 1. The molecule has 282 valence electrons. The summed E-state index contributed by atoms with van der Waals surface area (Å²) < 4.78 is 0. The van der Waals surface area contributed by atoms with Crippen LogP contribution < -0.4 is 32.3 Å². The summed E-state index contributed by atoms with van der Waals surface area (Å²) >= 11 is 1.46. The van der Waals surface area contributed by atoms with E-state index in [2.05, 4.69) is 31.5 Å². The average Bonchev–Trinajstić information content (AvgIpc) is 3.73. The predicted molar refractivity (Wildman–Crippen MR) is 200 cm³/mol. The van der Waals surface area contributed by atoms with Gasteiger partial charge in [0, 0.05) is 56.6 Å². The first-order valence-corrected chi connectivity index (χ1v) is 18.9. The number of unbranched alkanes of at least 4 members (excludes halogenated alkanes) is 2. The quantitative estimate of drug-likeness (QED) is 0.0603. The maximum absolute atomic E-state index is 13.9. The van der Waals surface area contributed by atoms with E-state index in [1.165, 1.54) is 34.0 Å². The van der Waals surface area contributed by atoms with E-state index in [-0.39, 0.29) is 36.1 Å². The number of amides is 7. The van der Waals surface area contributed by atoms with Crippen molar-refractivity contribution in [2.24, 2.45) is 11.1 Å². The summed E-state index contributed by atoms with van der Waals surface area (Å²) in [5.41, 5.74) is 6.84. The van der Waals surface area contributed by atoms with Crippen LogP contribution in [-0.4, -0.2) is 91.7 Å². The number of rotatable bonds is 22. The van der Waals surface area contributed by atoms with E-state index in [1.54, 1.807) is 0 Å². The van der Waals surface area contributed by atoms with Gasteiger partial charge >= 0.3 is 6.03 Å². The van der Waals surface area contributed by atoms with Crippen LogP contribution >= 0.6 is 11.3 Å². The van der Waals surface area contributed by atoms with Crippen molar-refractivity contribution in [2.45, 2.75) is 76.4 Å². The molecule has 7 N–H and O–H groups in total. The lowest BCUT2D eigenvalue weighted by Gasteiger charge is -2.40. The number of carbonyl (C=O) groups is 6. The zero-order valence-electron chi connectivity index (χ0n) is 30.1. The molecule has 0 saturated heterocycles. The van der Waals surface area contributed by atoms with Crippen molar-refractivity contribution >= 4 is 52.6 Å². The molecule has 1 aromatic carbocycles.